The molecular formula is C15H34N2O7P2. The van der Waals surface area contributed by atoms with Gasteiger partial charge in [0, 0.05) is 0 Å². The third-order valence-electron chi connectivity index (χ3n) is 2.35. The average molecular weight is 416 g/mol. The molecule has 2 amide bonds. The molecule has 0 aliphatic carbocycles. The largest absolute Gasteiger partial charge is 0.350 e. The molecule has 0 fully saturated rings. The van der Waals surface area contributed by atoms with Crippen molar-refractivity contribution in [3.05, 3.63) is 0 Å². The molecule has 0 atom stereocenters. The fraction of sp³-hybridized carbons (Fsp3) is 0.933. The monoisotopic (exact) mass is 416 g/mol. The van der Waals surface area contributed by atoms with Gasteiger partial charge in [-0.2, -0.15) is 0 Å². The van der Waals surface area contributed by atoms with Crippen LogP contribution in [-0.4, -0.2) is 43.0 Å². The zero-order chi connectivity index (χ0) is 20.5. The van der Waals surface area contributed by atoms with Crippen molar-refractivity contribution >= 4 is 21.2 Å². The highest BCUT2D eigenvalue weighted by molar-refractivity contribution is 7.54. The van der Waals surface area contributed by atoms with Gasteiger partial charge in [0.25, 0.3) is 0 Å². The predicted molar refractivity (Wildman–Crippen MR) is 101 cm³/mol. The van der Waals surface area contributed by atoms with Gasteiger partial charge in [-0.1, -0.05) is 0 Å². The zero-order valence-corrected chi connectivity index (χ0v) is 18.8. The van der Waals surface area contributed by atoms with Gasteiger partial charge in [-0.05, 0) is 55.4 Å². The lowest BCUT2D eigenvalue weighted by Crippen LogP contribution is -2.37. The zero-order valence-electron chi connectivity index (χ0n) is 17.0. The highest BCUT2D eigenvalue weighted by atomic mass is 31.2. The summed E-state index contributed by atoms with van der Waals surface area (Å²) in [5.74, 6) is 0. The summed E-state index contributed by atoms with van der Waals surface area (Å²) in [7, 11) is -7.00. The quantitative estimate of drug-likeness (QED) is 0.457. The summed E-state index contributed by atoms with van der Waals surface area (Å²) in [4.78, 5) is 12.0. The lowest BCUT2D eigenvalue weighted by atomic mass is 10.5. The van der Waals surface area contributed by atoms with Gasteiger partial charge in [-0.15, -0.1) is 0 Å². The molecule has 0 aromatic carbocycles. The van der Waals surface area contributed by atoms with E-state index < -0.39 is 21.2 Å². The van der Waals surface area contributed by atoms with Crippen LogP contribution < -0.4 is 10.6 Å². The van der Waals surface area contributed by atoms with Gasteiger partial charge in [0.1, 0.15) is 12.6 Å². The van der Waals surface area contributed by atoms with E-state index in [-0.39, 0.29) is 37.0 Å². The van der Waals surface area contributed by atoms with Crippen molar-refractivity contribution in [2.45, 2.75) is 79.8 Å². The van der Waals surface area contributed by atoms with Crippen LogP contribution in [0.2, 0.25) is 0 Å². The van der Waals surface area contributed by atoms with Crippen LogP contribution in [0.1, 0.15) is 55.4 Å². The maximum Gasteiger partial charge on any atom is 0.350 e. The summed E-state index contributed by atoms with van der Waals surface area (Å²) in [5, 5.41) is 4.84. The fourth-order valence-corrected chi connectivity index (χ4v) is 5.52. The minimum Gasteiger partial charge on any atom is -0.326 e. The molecule has 11 heteroatoms. The molecular weight excluding hydrogens is 382 g/mol. The van der Waals surface area contributed by atoms with Crippen molar-refractivity contribution in [3.63, 3.8) is 0 Å². The van der Waals surface area contributed by atoms with E-state index >= 15 is 0 Å². The topological polar surface area (TPSA) is 112 Å². The number of carbonyl (C=O) groups is 1. The van der Waals surface area contributed by atoms with E-state index in [9.17, 15) is 13.9 Å². The Morgan fingerprint density at radius 3 is 1.08 bits per heavy atom. The Bertz CT molecular complexity index is 452. The summed E-state index contributed by atoms with van der Waals surface area (Å²) in [6.45, 7) is 13.8. The van der Waals surface area contributed by atoms with Crippen LogP contribution in [0.3, 0.4) is 0 Å². The molecule has 0 spiro atoms. The van der Waals surface area contributed by atoms with E-state index in [1.54, 1.807) is 55.4 Å². The third kappa shape index (κ3) is 12.0. The summed E-state index contributed by atoms with van der Waals surface area (Å²) >= 11 is 0. The first kappa shape index (κ1) is 25.6. The first-order chi connectivity index (χ1) is 11.8. The molecule has 156 valence electrons. The van der Waals surface area contributed by atoms with Gasteiger partial charge >= 0.3 is 21.2 Å². The molecule has 0 bridgehead atoms. The van der Waals surface area contributed by atoms with Crippen molar-refractivity contribution in [2.75, 3.05) is 12.6 Å². The molecule has 0 saturated carbocycles. The first-order valence-electron chi connectivity index (χ1n) is 8.70. The van der Waals surface area contributed by atoms with E-state index in [1.165, 1.54) is 0 Å². The summed E-state index contributed by atoms with van der Waals surface area (Å²) in [6.07, 6.45) is -1.94. The highest BCUT2D eigenvalue weighted by Gasteiger charge is 2.30. The van der Waals surface area contributed by atoms with Crippen LogP contribution in [0.15, 0.2) is 0 Å². The fourth-order valence-electron chi connectivity index (χ4n) is 1.88. The molecule has 0 heterocycles. The number of hydrogen-bond acceptors (Lipinski definition) is 7. The summed E-state index contributed by atoms with van der Waals surface area (Å²) in [6, 6.07) is -0.676. The Hall–Kier alpha value is -0.430. The minimum absolute atomic E-state index is 0.310. The highest BCUT2D eigenvalue weighted by Crippen LogP contribution is 2.50. The Morgan fingerprint density at radius 2 is 0.885 bits per heavy atom. The second-order valence-electron chi connectivity index (χ2n) is 6.84. The average Bonchev–Trinajstić information content (AvgIpc) is 2.39. The summed E-state index contributed by atoms with van der Waals surface area (Å²) in [5.41, 5.74) is 0. The molecule has 9 nitrogen and oxygen atoms in total. The third-order valence-corrected chi connectivity index (χ3v) is 6.41. The maximum absolute atomic E-state index is 12.6. The van der Waals surface area contributed by atoms with E-state index in [0.717, 1.165) is 0 Å². The SMILES string of the molecule is CC(C)OP(=O)(CNC(=O)NCP(=O)(OC(C)C)OC(C)C)OC(C)C. The summed E-state index contributed by atoms with van der Waals surface area (Å²) < 4.78 is 46.6. The standard InChI is InChI=1S/C15H34N2O7P2/c1-11(2)21-25(19,22-12(3)4)9-16-15(18)17-10-26(20,23-13(5)6)24-14(7)8/h11-14H,9-10H2,1-8H3,(H2,16,17,18). The molecule has 26 heavy (non-hydrogen) atoms. The molecule has 0 saturated heterocycles. The van der Waals surface area contributed by atoms with Crippen molar-refractivity contribution < 1.29 is 32.0 Å². The van der Waals surface area contributed by atoms with Gasteiger partial charge < -0.3 is 28.7 Å². The molecule has 2 N–H and O–H groups in total. The van der Waals surface area contributed by atoms with Crippen LogP contribution in [0.25, 0.3) is 0 Å². The Morgan fingerprint density at radius 1 is 0.654 bits per heavy atom. The van der Waals surface area contributed by atoms with Crippen LogP contribution in [0.5, 0.6) is 0 Å². The number of hydrogen-bond donors (Lipinski definition) is 2. The molecule has 0 rings (SSSR count). The van der Waals surface area contributed by atoms with Crippen molar-refractivity contribution in [1.29, 1.82) is 0 Å². The maximum atomic E-state index is 12.6. The molecule has 0 aromatic heterocycles. The number of carbonyl (C=O) groups excluding carboxylic acids is 1. The normalized spacial score (nSPS) is 13.1. The van der Waals surface area contributed by atoms with E-state index in [1.807, 2.05) is 0 Å². The van der Waals surface area contributed by atoms with Crippen LogP contribution in [0.4, 0.5) is 4.79 Å². The van der Waals surface area contributed by atoms with E-state index in [0.29, 0.717) is 0 Å². The van der Waals surface area contributed by atoms with Gasteiger partial charge in [0.15, 0.2) is 0 Å². The van der Waals surface area contributed by atoms with Crippen molar-refractivity contribution in [1.82, 2.24) is 10.6 Å². The lowest BCUT2D eigenvalue weighted by molar-refractivity contribution is 0.141. The molecule has 0 unspecified atom stereocenters. The minimum atomic E-state index is -3.50. The first-order valence-corrected chi connectivity index (χ1v) is 12.2. The van der Waals surface area contributed by atoms with Crippen LogP contribution >= 0.6 is 15.2 Å². The lowest BCUT2D eigenvalue weighted by Gasteiger charge is -2.24. The Labute approximate surface area is 156 Å². The van der Waals surface area contributed by atoms with Gasteiger partial charge in [-0.25, -0.2) is 4.79 Å². The molecule has 0 aliphatic heterocycles. The van der Waals surface area contributed by atoms with Crippen molar-refractivity contribution in [2.24, 2.45) is 0 Å². The van der Waals surface area contributed by atoms with Gasteiger partial charge in [0.05, 0.1) is 24.4 Å². The molecule has 0 aromatic rings. The number of urea groups is 1. The smallest absolute Gasteiger partial charge is 0.326 e. The second kappa shape index (κ2) is 11.4. The number of rotatable bonds is 12. The van der Waals surface area contributed by atoms with Crippen LogP contribution in [-0.2, 0) is 27.2 Å². The predicted octanol–water partition coefficient (Wildman–Crippen LogP) is 4.29. The van der Waals surface area contributed by atoms with Crippen LogP contribution in [0, 0.1) is 0 Å². The number of nitrogens with one attached hydrogen (secondary N) is 2. The molecule has 0 aliphatic rings. The number of amides is 2. The van der Waals surface area contributed by atoms with E-state index in [4.69, 9.17) is 18.1 Å². The Balaban J connectivity index is 4.74. The van der Waals surface area contributed by atoms with Crippen molar-refractivity contribution in [3.8, 4) is 0 Å². The Kier molecular flexibility index (Phi) is 11.2. The van der Waals surface area contributed by atoms with Gasteiger partial charge in [-0.3, -0.25) is 9.13 Å². The molecule has 0 radical (unpaired) electrons. The second-order valence-corrected chi connectivity index (χ2v) is 10.8. The van der Waals surface area contributed by atoms with E-state index in [2.05, 4.69) is 10.6 Å². The van der Waals surface area contributed by atoms with Gasteiger partial charge in [0.2, 0.25) is 0 Å².